The Morgan fingerprint density at radius 3 is 2.35 bits per heavy atom. The van der Waals surface area contributed by atoms with Crippen LogP contribution >= 0.6 is 0 Å². The van der Waals surface area contributed by atoms with Crippen molar-refractivity contribution in [2.45, 2.75) is 45.3 Å². The molecule has 1 rings (SSSR count). The van der Waals surface area contributed by atoms with E-state index in [0.717, 1.165) is 0 Å². The highest BCUT2D eigenvalue weighted by molar-refractivity contribution is 5.81. The van der Waals surface area contributed by atoms with Crippen molar-refractivity contribution < 1.29 is 19.4 Å². The normalized spacial score (nSPS) is 27.5. The van der Waals surface area contributed by atoms with E-state index in [4.69, 9.17) is 9.84 Å². The smallest absolute Gasteiger partial charge is 0.306 e. The molecule has 17 heavy (non-hydrogen) atoms. The van der Waals surface area contributed by atoms with Gasteiger partial charge in [-0.25, -0.2) is 0 Å². The Hall–Kier alpha value is -1.10. The van der Waals surface area contributed by atoms with Crippen LogP contribution in [0.3, 0.4) is 0 Å². The number of carbonyl (C=O) groups is 2. The van der Waals surface area contributed by atoms with E-state index in [1.165, 1.54) is 0 Å². The largest absolute Gasteiger partial charge is 0.481 e. The molecule has 1 aliphatic rings. The van der Waals surface area contributed by atoms with Gasteiger partial charge < -0.3 is 15.2 Å². The molecule has 0 saturated heterocycles. The van der Waals surface area contributed by atoms with E-state index < -0.39 is 5.97 Å². The fourth-order valence-corrected chi connectivity index (χ4v) is 2.11. The summed E-state index contributed by atoms with van der Waals surface area (Å²) in [6, 6.07) is -0.0589. The van der Waals surface area contributed by atoms with Crippen molar-refractivity contribution in [1.29, 1.82) is 0 Å². The van der Waals surface area contributed by atoms with E-state index in [1.54, 1.807) is 7.11 Å². The van der Waals surface area contributed by atoms with Gasteiger partial charge in [0, 0.05) is 13.0 Å². The number of aliphatic carboxylic acids is 1. The quantitative estimate of drug-likeness (QED) is 0.756. The molecular formula is C12H21NO4. The number of carbonyl (C=O) groups excluding carboxylic acids is 1. The minimum atomic E-state index is -0.793. The van der Waals surface area contributed by atoms with Gasteiger partial charge in [0.2, 0.25) is 5.91 Å². The predicted octanol–water partition coefficient (Wildman–Crippen LogP) is 1.03. The molecule has 1 amide bonds. The van der Waals surface area contributed by atoms with Crippen LogP contribution in [-0.4, -0.2) is 36.2 Å². The average molecular weight is 243 g/mol. The summed E-state index contributed by atoms with van der Waals surface area (Å²) in [6.45, 7) is 3.77. The molecule has 2 N–H and O–H groups in total. The molecule has 1 fully saturated rings. The fraction of sp³-hybridized carbons (Fsp3) is 0.833. The number of amides is 1. The molecule has 0 bridgehead atoms. The van der Waals surface area contributed by atoms with E-state index in [2.05, 4.69) is 5.32 Å². The minimum Gasteiger partial charge on any atom is -0.481 e. The van der Waals surface area contributed by atoms with Gasteiger partial charge in [0.05, 0.1) is 18.1 Å². The number of carboxylic acids is 1. The van der Waals surface area contributed by atoms with Gasteiger partial charge in [0.15, 0.2) is 0 Å². The van der Waals surface area contributed by atoms with Crippen LogP contribution in [0, 0.1) is 11.8 Å². The first kappa shape index (κ1) is 14.0. The van der Waals surface area contributed by atoms with Crippen LogP contribution in [0.5, 0.6) is 0 Å². The molecule has 5 heteroatoms. The first-order valence-electron chi connectivity index (χ1n) is 6.01. The average Bonchev–Trinajstić information content (AvgIpc) is 2.77. The molecule has 0 spiro atoms. The lowest BCUT2D eigenvalue weighted by Gasteiger charge is -2.21. The van der Waals surface area contributed by atoms with Gasteiger partial charge in [-0.3, -0.25) is 9.59 Å². The Balaban J connectivity index is 2.42. The van der Waals surface area contributed by atoms with Gasteiger partial charge in [-0.15, -0.1) is 0 Å². The second-order valence-electron chi connectivity index (χ2n) is 4.78. The lowest BCUT2D eigenvalue weighted by molar-refractivity contribution is -0.141. The van der Waals surface area contributed by atoms with Crippen molar-refractivity contribution in [1.82, 2.24) is 5.32 Å². The van der Waals surface area contributed by atoms with Gasteiger partial charge in [-0.1, -0.05) is 0 Å². The maximum Gasteiger partial charge on any atom is 0.306 e. The summed E-state index contributed by atoms with van der Waals surface area (Å²) in [5.41, 5.74) is 0. The summed E-state index contributed by atoms with van der Waals surface area (Å²) in [7, 11) is 1.60. The van der Waals surface area contributed by atoms with Gasteiger partial charge >= 0.3 is 5.97 Å². The lowest BCUT2D eigenvalue weighted by atomic mass is 10.0. The second-order valence-corrected chi connectivity index (χ2v) is 4.78. The highest BCUT2D eigenvalue weighted by Gasteiger charge is 2.34. The van der Waals surface area contributed by atoms with Crippen molar-refractivity contribution >= 4 is 11.9 Å². The van der Waals surface area contributed by atoms with E-state index in [-0.39, 0.29) is 29.9 Å². The molecular weight excluding hydrogens is 222 g/mol. The molecule has 0 radical (unpaired) electrons. The van der Waals surface area contributed by atoms with Crippen molar-refractivity contribution in [3.8, 4) is 0 Å². The zero-order valence-corrected chi connectivity index (χ0v) is 10.6. The number of nitrogens with one attached hydrogen (secondary N) is 1. The van der Waals surface area contributed by atoms with Gasteiger partial charge in [0.25, 0.3) is 0 Å². The van der Waals surface area contributed by atoms with Crippen LogP contribution in [0.2, 0.25) is 0 Å². The van der Waals surface area contributed by atoms with Gasteiger partial charge in [-0.05, 0) is 33.1 Å². The number of hydrogen-bond acceptors (Lipinski definition) is 3. The first-order valence-corrected chi connectivity index (χ1v) is 6.01. The maximum absolute atomic E-state index is 11.9. The molecule has 0 aliphatic heterocycles. The number of methoxy groups -OCH3 is 1. The molecule has 5 nitrogen and oxygen atoms in total. The summed E-state index contributed by atoms with van der Waals surface area (Å²) in [4.78, 5) is 22.7. The van der Waals surface area contributed by atoms with Crippen molar-refractivity contribution in [3.63, 3.8) is 0 Å². The van der Waals surface area contributed by atoms with E-state index in [9.17, 15) is 9.59 Å². The van der Waals surface area contributed by atoms with Gasteiger partial charge in [-0.2, -0.15) is 0 Å². The van der Waals surface area contributed by atoms with Crippen LogP contribution in [0.15, 0.2) is 0 Å². The molecule has 4 atom stereocenters. The maximum atomic E-state index is 11.9. The summed E-state index contributed by atoms with van der Waals surface area (Å²) >= 11 is 0. The third-order valence-electron chi connectivity index (χ3n) is 3.60. The molecule has 0 aromatic rings. The topological polar surface area (TPSA) is 75.6 Å². The Morgan fingerprint density at radius 1 is 1.29 bits per heavy atom. The van der Waals surface area contributed by atoms with E-state index in [1.807, 2.05) is 13.8 Å². The monoisotopic (exact) mass is 243 g/mol. The zero-order chi connectivity index (χ0) is 13.0. The molecule has 98 valence electrons. The minimum absolute atomic E-state index is 0.0457. The van der Waals surface area contributed by atoms with Crippen LogP contribution in [0.25, 0.3) is 0 Å². The van der Waals surface area contributed by atoms with E-state index >= 15 is 0 Å². The third kappa shape index (κ3) is 3.70. The molecule has 1 aliphatic carbocycles. The van der Waals surface area contributed by atoms with Crippen molar-refractivity contribution in [2.75, 3.05) is 7.11 Å². The Bertz CT molecular complexity index is 292. The van der Waals surface area contributed by atoms with Gasteiger partial charge in [0.1, 0.15) is 0 Å². The number of rotatable bonds is 5. The summed E-state index contributed by atoms with van der Waals surface area (Å²) in [5, 5.41) is 11.7. The lowest BCUT2D eigenvalue weighted by Crippen LogP contribution is -2.43. The first-order chi connectivity index (χ1) is 7.95. The molecule has 0 aromatic carbocycles. The standard InChI is InChI=1S/C12H21NO4/c1-7(8(2)17-3)13-11(14)9-4-5-10(6-9)12(15)16/h7-10H,4-6H2,1-3H3,(H,13,14)(H,15,16)/t7-,8?,9+,10-/m0/s1. The third-order valence-corrected chi connectivity index (χ3v) is 3.60. The molecule has 0 heterocycles. The number of carboxylic acid groups (broad SMARTS) is 1. The molecule has 1 unspecified atom stereocenters. The fourth-order valence-electron chi connectivity index (χ4n) is 2.11. The summed E-state index contributed by atoms with van der Waals surface area (Å²) < 4.78 is 5.13. The Morgan fingerprint density at radius 2 is 1.88 bits per heavy atom. The van der Waals surface area contributed by atoms with Crippen molar-refractivity contribution in [3.05, 3.63) is 0 Å². The van der Waals surface area contributed by atoms with E-state index in [0.29, 0.717) is 19.3 Å². The highest BCUT2D eigenvalue weighted by atomic mass is 16.5. The second kappa shape index (κ2) is 6.00. The summed E-state index contributed by atoms with van der Waals surface area (Å²) in [5.74, 6) is -1.37. The van der Waals surface area contributed by atoms with Crippen LogP contribution < -0.4 is 5.32 Å². The highest BCUT2D eigenvalue weighted by Crippen LogP contribution is 2.31. The SMILES string of the molecule is COC(C)[C@H](C)NC(=O)[C@@H]1CC[C@H](C(=O)O)C1. The molecule has 1 saturated carbocycles. The number of hydrogen-bond donors (Lipinski definition) is 2. The van der Waals surface area contributed by atoms with Crippen LogP contribution in [-0.2, 0) is 14.3 Å². The Kier molecular flexibility index (Phi) is 4.93. The number of ether oxygens (including phenoxy) is 1. The van der Waals surface area contributed by atoms with Crippen LogP contribution in [0.4, 0.5) is 0 Å². The Labute approximate surface area is 102 Å². The van der Waals surface area contributed by atoms with Crippen LogP contribution in [0.1, 0.15) is 33.1 Å². The van der Waals surface area contributed by atoms with Crippen molar-refractivity contribution in [2.24, 2.45) is 11.8 Å². The summed E-state index contributed by atoms with van der Waals surface area (Å²) in [6.07, 6.45) is 1.67. The zero-order valence-electron chi connectivity index (χ0n) is 10.6. The molecule has 0 aromatic heterocycles. The predicted molar refractivity (Wildman–Crippen MR) is 62.5 cm³/mol.